The fourth-order valence-electron chi connectivity index (χ4n) is 3.52. The summed E-state index contributed by atoms with van der Waals surface area (Å²) in [6, 6.07) is 3.57. The predicted octanol–water partition coefficient (Wildman–Crippen LogP) is -2.26. The maximum absolute atomic E-state index is 13.0. The number of nitrogens with two attached hydrogens (primary N) is 3. The number of H-pyrrole nitrogens is 1. The van der Waals surface area contributed by atoms with Crippen LogP contribution in [0.25, 0.3) is 10.9 Å². The second-order valence-corrected chi connectivity index (χ2v) is 8.42. The molecule has 0 bridgehead atoms. The highest BCUT2D eigenvalue weighted by atomic mass is 16.4. The van der Waals surface area contributed by atoms with Crippen molar-refractivity contribution in [3.8, 4) is 0 Å². The molecule has 2 rings (SSSR count). The first kappa shape index (κ1) is 28.8. The zero-order chi connectivity index (χ0) is 27.5. The van der Waals surface area contributed by atoms with Crippen molar-refractivity contribution in [3.05, 3.63) is 36.0 Å². The van der Waals surface area contributed by atoms with E-state index in [9.17, 15) is 33.9 Å². The first-order chi connectivity index (χ1) is 17.5. The summed E-state index contributed by atoms with van der Waals surface area (Å²) in [5, 5.41) is 17.4. The van der Waals surface area contributed by atoms with Gasteiger partial charge in [-0.15, -0.1) is 0 Å². The number of carboxylic acids is 1. The molecule has 0 radical (unpaired) electrons. The zero-order valence-electron chi connectivity index (χ0n) is 20.0. The molecule has 0 saturated carbocycles. The number of amides is 5. The molecule has 14 heteroatoms. The summed E-state index contributed by atoms with van der Waals surface area (Å²) in [6.45, 7) is -0.523. The van der Waals surface area contributed by atoms with Crippen LogP contribution in [-0.2, 0) is 35.2 Å². The Morgan fingerprint density at radius 3 is 2.19 bits per heavy atom. The molecule has 1 aromatic carbocycles. The molecule has 0 saturated heterocycles. The number of nitrogens with one attached hydrogen (secondary N) is 4. The van der Waals surface area contributed by atoms with Crippen molar-refractivity contribution >= 4 is 46.4 Å². The minimum Gasteiger partial charge on any atom is -0.480 e. The van der Waals surface area contributed by atoms with E-state index in [1.54, 1.807) is 12.3 Å². The van der Waals surface area contributed by atoms with Gasteiger partial charge in [-0.25, -0.2) is 4.79 Å². The molecular weight excluding hydrogens is 486 g/mol. The lowest BCUT2D eigenvalue weighted by molar-refractivity contribution is -0.142. The van der Waals surface area contributed by atoms with E-state index in [2.05, 4.69) is 20.9 Å². The van der Waals surface area contributed by atoms with Gasteiger partial charge in [0.2, 0.25) is 29.5 Å². The summed E-state index contributed by atoms with van der Waals surface area (Å²) in [7, 11) is 0. The summed E-state index contributed by atoms with van der Waals surface area (Å²) in [4.78, 5) is 74.2. The number of aromatic nitrogens is 1. The van der Waals surface area contributed by atoms with Crippen LogP contribution in [0.1, 0.15) is 31.2 Å². The number of hydrogen-bond donors (Lipinski definition) is 8. The van der Waals surface area contributed by atoms with Gasteiger partial charge in [-0.05, 0) is 24.5 Å². The Kier molecular flexibility index (Phi) is 10.6. The lowest BCUT2D eigenvalue weighted by Crippen LogP contribution is -2.54. The maximum atomic E-state index is 13.0. The highest BCUT2D eigenvalue weighted by Gasteiger charge is 2.28. The topological polar surface area (TPSA) is 253 Å². The van der Waals surface area contributed by atoms with Gasteiger partial charge in [0.25, 0.3) is 0 Å². The molecule has 3 atom stereocenters. The number of benzene rings is 1. The Labute approximate surface area is 211 Å². The number of fused-ring (bicyclic) bond motifs is 1. The summed E-state index contributed by atoms with van der Waals surface area (Å²) in [5.74, 6) is -4.95. The van der Waals surface area contributed by atoms with E-state index in [0.29, 0.717) is 5.56 Å². The molecule has 14 nitrogen and oxygen atoms in total. The van der Waals surface area contributed by atoms with Crippen LogP contribution in [-0.4, -0.2) is 70.3 Å². The third-order valence-electron chi connectivity index (χ3n) is 5.51. The molecule has 2 aromatic rings. The van der Waals surface area contributed by atoms with Crippen molar-refractivity contribution < 1.29 is 33.9 Å². The number of aliphatic carboxylic acids is 1. The number of carbonyl (C=O) groups excluding carboxylic acids is 5. The van der Waals surface area contributed by atoms with E-state index in [1.165, 1.54) is 0 Å². The number of hydrogen-bond acceptors (Lipinski definition) is 7. The van der Waals surface area contributed by atoms with Crippen LogP contribution >= 0.6 is 0 Å². The fraction of sp³-hybridized carbons (Fsp3) is 0.391. The molecule has 0 spiro atoms. The summed E-state index contributed by atoms with van der Waals surface area (Å²) < 4.78 is 0. The van der Waals surface area contributed by atoms with Crippen molar-refractivity contribution in [2.24, 2.45) is 17.2 Å². The number of rotatable bonds is 15. The number of primary amides is 2. The second kappa shape index (κ2) is 13.6. The Morgan fingerprint density at radius 1 is 0.892 bits per heavy atom. The lowest BCUT2D eigenvalue weighted by Gasteiger charge is -2.21. The van der Waals surface area contributed by atoms with Crippen molar-refractivity contribution in [2.45, 2.75) is 50.2 Å². The van der Waals surface area contributed by atoms with E-state index >= 15 is 0 Å². The van der Waals surface area contributed by atoms with Gasteiger partial charge in [-0.2, -0.15) is 0 Å². The molecule has 1 heterocycles. The van der Waals surface area contributed by atoms with E-state index in [4.69, 9.17) is 17.2 Å². The Bertz CT molecular complexity index is 1160. The summed E-state index contributed by atoms with van der Waals surface area (Å²) in [6.07, 6.45) is 1.06. The summed E-state index contributed by atoms with van der Waals surface area (Å²) in [5.41, 5.74) is 17.3. The smallest absolute Gasteiger partial charge is 0.326 e. The monoisotopic (exact) mass is 517 g/mol. The third-order valence-corrected chi connectivity index (χ3v) is 5.51. The maximum Gasteiger partial charge on any atom is 0.326 e. The van der Waals surface area contributed by atoms with Gasteiger partial charge >= 0.3 is 5.97 Å². The van der Waals surface area contributed by atoms with Gasteiger partial charge in [-0.1, -0.05) is 18.2 Å². The zero-order valence-corrected chi connectivity index (χ0v) is 20.0. The third kappa shape index (κ3) is 9.25. The lowest BCUT2D eigenvalue weighted by atomic mass is 10.0. The van der Waals surface area contributed by atoms with Gasteiger partial charge in [0.15, 0.2) is 0 Å². The van der Waals surface area contributed by atoms with E-state index in [0.717, 1.165) is 10.9 Å². The van der Waals surface area contributed by atoms with Crippen LogP contribution in [0.15, 0.2) is 30.5 Å². The minimum atomic E-state index is -1.41. The molecule has 5 amide bonds. The summed E-state index contributed by atoms with van der Waals surface area (Å²) >= 11 is 0. The van der Waals surface area contributed by atoms with E-state index in [1.807, 2.05) is 18.2 Å². The van der Waals surface area contributed by atoms with Gasteiger partial charge in [0, 0.05) is 36.4 Å². The molecule has 3 unspecified atom stereocenters. The van der Waals surface area contributed by atoms with Crippen molar-refractivity contribution in [3.63, 3.8) is 0 Å². The fourth-order valence-corrected chi connectivity index (χ4v) is 3.52. The highest BCUT2D eigenvalue weighted by molar-refractivity contribution is 5.93. The minimum absolute atomic E-state index is 0.00371. The molecule has 0 aliphatic rings. The molecular formula is C23H31N7O7. The average Bonchev–Trinajstić information content (AvgIpc) is 3.25. The normalized spacial score (nSPS) is 13.2. The number of aromatic amines is 1. The quantitative estimate of drug-likeness (QED) is 0.128. The average molecular weight is 518 g/mol. The molecule has 200 valence electrons. The SMILES string of the molecule is NC(=O)CCC(N)C(=O)NCC(=O)NC(Cc1c[nH]c2ccccc12)C(=O)NC(CCC(N)=O)C(=O)O. The van der Waals surface area contributed by atoms with Crippen molar-refractivity contribution in [1.29, 1.82) is 0 Å². The first-order valence-electron chi connectivity index (χ1n) is 11.4. The van der Waals surface area contributed by atoms with Gasteiger partial charge in [0.1, 0.15) is 12.1 Å². The van der Waals surface area contributed by atoms with Crippen molar-refractivity contribution in [2.75, 3.05) is 6.54 Å². The Morgan fingerprint density at radius 2 is 1.54 bits per heavy atom. The standard InChI is InChI=1S/C23H31N7O7/c24-14(5-7-18(25)31)21(34)28-11-20(33)29-17(9-12-10-27-15-4-2-1-3-13(12)15)22(35)30-16(23(36)37)6-8-19(26)32/h1-4,10,14,16-17,27H,5-9,11,24H2,(H2,25,31)(H2,26,32)(H,28,34)(H,29,33)(H,30,35)(H,36,37). The highest BCUT2D eigenvalue weighted by Crippen LogP contribution is 2.19. The molecule has 1 aromatic heterocycles. The number of carboxylic acid groups (broad SMARTS) is 1. The number of carbonyl (C=O) groups is 6. The second-order valence-electron chi connectivity index (χ2n) is 8.42. The number of para-hydroxylation sites is 1. The van der Waals surface area contributed by atoms with Crippen LogP contribution in [0.2, 0.25) is 0 Å². The first-order valence-corrected chi connectivity index (χ1v) is 11.4. The molecule has 11 N–H and O–H groups in total. The van der Waals surface area contributed by atoms with Gasteiger partial charge in [0.05, 0.1) is 12.6 Å². The molecule has 0 fully saturated rings. The van der Waals surface area contributed by atoms with Crippen LogP contribution in [0.5, 0.6) is 0 Å². The Hall–Kier alpha value is -4.46. The Balaban J connectivity index is 2.12. The molecule has 0 aliphatic carbocycles. The van der Waals surface area contributed by atoms with Gasteiger partial charge in [-0.3, -0.25) is 24.0 Å². The van der Waals surface area contributed by atoms with Crippen LogP contribution in [0.3, 0.4) is 0 Å². The van der Waals surface area contributed by atoms with Crippen molar-refractivity contribution in [1.82, 2.24) is 20.9 Å². The van der Waals surface area contributed by atoms with Crippen LogP contribution in [0, 0.1) is 0 Å². The van der Waals surface area contributed by atoms with E-state index in [-0.39, 0.29) is 32.1 Å². The molecule has 37 heavy (non-hydrogen) atoms. The van der Waals surface area contributed by atoms with Crippen LogP contribution < -0.4 is 33.2 Å². The van der Waals surface area contributed by atoms with E-state index < -0.39 is 60.2 Å². The predicted molar refractivity (Wildman–Crippen MR) is 131 cm³/mol. The molecule has 0 aliphatic heterocycles. The largest absolute Gasteiger partial charge is 0.480 e. The van der Waals surface area contributed by atoms with Crippen LogP contribution in [0.4, 0.5) is 0 Å². The van der Waals surface area contributed by atoms with Gasteiger partial charge < -0.3 is 43.2 Å².